The molecule has 2 saturated heterocycles. The number of alkyl halides is 2. The maximum Gasteiger partial charge on any atom is 0.405 e. The second kappa shape index (κ2) is 15.2. The molecule has 7 rings (SSSR count). The Morgan fingerprint density at radius 1 is 0.643 bits per heavy atom. The van der Waals surface area contributed by atoms with Crippen LogP contribution in [0.1, 0.15) is 64.3 Å². The zero-order chi connectivity index (χ0) is 40.0. The summed E-state index contributed by atoms with van der Waals surface area (Å²) in [5, 5.41) is 23.1. The molecule has 4 amide bonds. The number of benzene rings is 3. The molecule has 5 aromatic rings. The summed E-state index contributed by atoms with van der Waals surface area (Å²) in [5.74, 6) is -0.787. The van der Waals surface area contributed by atoms with Gasteiger partial charge in [-0.25, -0.2) is 28.3 Å². The van der Waals surface area contributed by atoms with Crippen LogP contribution < -0.4 is 10.6 Å². The van der Waals surface area contributed by atoms with Gasteiger partial charge in [-0.1, -0.05) is 64.1 Å². The van der Waals surface area contributed by atoms with Gasteiger partial charge in [0, 0.05) is 12.8 Å². The highest BCUT2D eigenvalue weighted by Crippen LogP contribution is 2.37. The van der Waals surface area contributed by atoms with Crippen molar-refractivity contribution in [3.05, 3.63) is 72.3 Å². The van der Waals surface area contributed by atoms with E-state index in [0.29, 0.717) is 33.7 Å². The molecule has 6 atom stereocenters. The predicted octanol–water partition coefficient (Wildman–Crippen LogP) is 6.58. The number of aromatic nitrogens is 4. The molecule has 16 heteroatoms. The Hall–Kier alpha value is -6.06. The Balaban J connectivity index is 1.09. The monoisotopic (exact) mass is 770 g/mol. The smallest absolute Gasteiger partial charge is 0.405 e. The summed E-state index contributed by atoms with van der Waals surface area (Å²) in [6, 6.07) is 16.0. The van der Waals surface area contributed by atoms with Gasteiger partial charge >= 0.3 is 12.2 Å². The molecule has 3 aromatic carbocycles. The summed E-state index contributed by atoms with van der Waals surface area (Å²) in [6.07, 6.45) is -5.10. The van der Waals surface area contributed by atoms with Crippen LogP contribution in [0.2, 0.25) is 0 Å². The van der Waals surface area contributed by atoms with E-state index >= 15 is 0 Å². The van der Waals surface area contributed by atoms with E-state index in [4.69, 9.17) is 0 Å². The molecule has 0 radical (unpaired) electrons. The van der Waals surface area contributed by atoms with Crippen LogP contribution in [-0.4, -0.2) is 101 Å². The topological polar surface area (TPSA) is 197 Å². The van der Waals surface area contributed by atoms with Crippen molar-refractivity contribution in [1.29, 1.82) is 0 Å². The van der Waals surface area contributed by atoms with E-state index in [1.54, 1.807) is 27.7 Å². The minimum atomic E-state index is -1.32. The van der Waals surface area contributed by atoms with Crippen molar-refractivity contribution in [2.75, 3.05) is 13.1 Å². The maximum absolute atomic E-state index is 14.7. The van der Waals surface area contributed by atoms with Crippen molar-refractivity contribution in [2.45, 2.75) is 77.0 Å². The molecule has 0 bridgehead atoms. The highest BCUT2D eigenvalue weighted by Gasteiger charge is 2.43. The highest BCUT2D eigenvalue weighted by atomic mass is 19.1. The Labute approximate surface area is 320 Å². The molecule has 2 aromatic heterocycles. The molecule has 2 fully saturated rings. The lowest BCUT2D eigenvalue weighted by molar-refractivity contribution is -0.136. The van der Waals surface area contributed by atoms with Gasteiger partial charge in [-0.15, -0.1) is 0 Å². The molecule has 0 unspecified atom stereocenters. The number of H-pyrrole nitrogens is 2. The zero-order valence-electron chi connectivity index (χ0n) is 31.3. The summed E-state index contributed by atoms with van der Waals surface area (Å²) in [7, 11) is 0. The maximum atomic E-state index is 14.7. The quantitative estimate of drug-likeness (QED) is 0.0916. The number of carbonyl (C=O) groups excluding carboxylic acids is 2. The lowest BCUT2D eigenvalue weighted by atomic mass is 10.00. The summed E-state index contributed by atoms with van der Waals surface area (Å²) in [6.45, 7) is 6.62. The molecular weight excluding hydrogens is 726 g/mol. The van der Waals surface area contributed by atoms with Crippen LogP contribution in [0, 0.1) is 11.8 Å². The standard InChI is InChI=1S/C40H44F2N8O6/c1-19(2)33(47-39(53)54)37(51)49-17-25(41)15-31(49)35-43-27-11-9-23(13-29(27)45-35)21-5-7-22(8-6-21)24-10-12-28-30(14-24)46-36(44-28)32-16-26(42)18-50(32)38(52)34(20(3)4)48-40(55)56/h5-14,19-20,25-26,31-34,47-48H,15-18H2,1-4H3,(H,43,45)(H,44,46)(H,53,54)(H,55,56)/t25-,26-,31+,32+,33+,34+/m1/s1. The first-order chi connectivity index (χ1) is 26.7. The van der Waals surface area contributed by atoms with E-state index in [-0.39, 0.29) is 37.8 Å². The van der Waals surface area contributed by atoms with Crippen molar-refractivity contribution in [3.63, 3.8) is 0 Å². The lowest BCUT2D eigenvalue weighted by Gasteiger charge is -2.29. The number of hydrogen-bond acceptors (Lipinski definition) is 6. The third kappa shape index (κ3) is 7.59. The average Bonchev–Trinajstić information content (AvgIpc) is 3.95. The number of carbonyl (C=O) groups is 4. The van der Waals surface area contributed by atoms with Crippen LogP contribution in [0.3, 0.4) is 0 Å². The number of nitrogens with zero attached hydrogens (tertiary/aromatic N) is 4. The SMILES string of the molecule is CC(C)[C@H](NC(=O)O)C(=O)N1C[C@H](F)C[C@H]1c1nc2ccc(-c3ccc(-c4ccc5nc([C@@H]6C[C@@H](F)CN6C(=O)[C@@H](NC(=O)O)C(C)C)[nH]c5c4)cc3)cc2[nH]1. The van der Waals surface area contributed by atoms with E-state index in [9.17, 15) is 38.2 Å². The molecule has 0 saturated carbocycles. The second-order valence-corrected chi connectivity index (χ2v) is 15.3. The Bertz CT molecular complexity index is 2130. The van der Waals surface area contributed by atoms with E-state index in [0.717, 1.165) is 22.3 Å². The number of hydrogen-bond donors (Lipinski definition) is 6. The first-order valence-electron chi connectivity index (χ1n) is 18.6. The van der Waals surface area contributed by atoms with Crippen LogP contribution in [-0.2, 0) is 9.59 Å². The van der Waals surface area contributed by atoms with Crippen LogP contribution >= 0.6 is 0 Å². The van der Waals surface area contributed by atoms with Gasteiger partial charge in [-0.3, -0.25) is 9.59 Å². The lowest BCUT2D eigenvalue weighted by Crippen LogP contribution is -2.51. The summed E-state index contributed by atoms with van der Waals surface area (Å²) in [4.78, 5) is 68.2. The molecule has 2 aliphatic heterocycles. The molecule has 6 N–H and O–H groups in total. The van der Waals surface area contributed by atoms with Gasteiger partial charge < -0.3 is 40.6 Å². The fourth-order valence-corrected chi connectivity index (χ4v) is 7.81. The minimum absolute atomic E-state index is 0.0469. The summed E-state index contributed by atoms with van der Waals surface area (Å²) < 4.78 is 29.5. The number of fused-ring (bicyclic) bond motifs is 2. The Morgan fingerprint density at radius 2 is 1.00 bits per heavy atom. The minimum Gasteiger partial charge on any atom is -0.465 e. The number of imidazole rings is 2. The Morgan fingerprint density at radius 3 is 1.34 bits per heavy atom. The van der Waals surface area contributed by atoms with Crippen molar-refractivity contribution in [1.82, 2.24) is 40.4 Å². The van der Waals surface area contributed by atoms with Crippen LogP contribution in [0.5, 0.6) is 0 Å². The van der Waals surface area contributed by atoms with Gasteiger partial charge in [-0.2, -0.15) is 0 Å². The molecule has 0 spiro atoms. The van der Waals surface area contributed by atoms with Crippen molar-refractivity contribution >= 4 is 46.1 Å². The summed E-state index contributed by atoms with van der Waals surface area (Å²) in [5.41, 5.74) is 6.39. The van der Waals surface area contributed by atoms with Crippen LogP contribution in [0.4, 0.5) is 18.4 Å². The molecular formula is C40H44F2N8O6. The molecule has 0 aliphatic carbocycles. The van der Waals surface area contributed by atoms with Crippen LogP contribution in [0.15, 0.2) is 60.7 Å². The third-order valence-corrected chi connectivity index (χ3v) is 10.7. The molecule has 2 aliphatic rings. The molecule has 294 valence electrons. The number of halogens is 2. The molecule has 14 nitrogen and oxygen atoms in total. The van der Waals surface area contributed by atoms with E-state index in [1.807, 2.05) is 60.7 Å². The number of nitrogens with one attached hydrogen (secondary N) is 4. The fourth-order valence-electron chi connectivity index (χ4n) is 7.81. The Kier molecular flexibility index (Phi) is 10.4. The third-order valence-electron chi connectivity index (χ3n) is 10.7. The van der Waals surface area contributed by atoms with Crippen molar-refractivity contribution < 1.29 is 38.2 Å². The van der Waals surface area contributed by atoms with Gasteiger partial charge in [-0.05, 0) is 58.4 Å². The number of aromatic amines is 2. The van der Waals surface area contributed by atoms with Gasteiger partial charge in [0.05, 0.1) is 47.2 Å². The van der Waals surface area contributed by atoms with Gasteiger partial charge in [0.2, 0.25) is 11.8 Å². The van der Waals surface area contributed by atoms with Gasteiger partial charge in [0.25, 0.3) is 0 Å². The predicted molar refractivity (Wildman–Crippen MR) is 204 cm³/mol. The zero-order valence-corrected chi connectivity index (χ0v) is 31.3. The van der Waals surface area contributed by atoms with Crippen LogP contribution in [0.25, 0.3) is 44.3 Å². The highest BCUT2D eigenvalue weighted by molar-refractivity contribution is 5.88. The average molecular weight is 771 g/mol. The van der Waals surface area contributed by atoms with E-state index < -0.39 is 60.5 Å². The first-order valence-corrected chi connectivity index (χ1v) is 18.6. The van der Waals surface area contributed by atoms with Gasteiger partial charge in [0.1, 0.15) is 36.1 Å². The van der Waals surface area contributed by atoms with E-state index in [2.05, 4.69) is 30.6 Å². The number of rotatable bonds is 10. The normalized spacial score (nSPS) is 20.9. The molecule has 56 heavy (non-hydrogen) atoms. The fraction of sp³-hybridized carbons (Fsp3) is 0.400. The van der Waals surface area contributed by atoms with E-state index in [1.165, 1.54) is 9.80 Å². The number of amides is 4. The number of carboxylic acid groups (broad SMARTS) is 2. The van der Waals surface area contributed by atoms with Crippen molar-refractivity contribution in [3.8, 4) is 22.3 Å². The molecule has 4 heterocycles. The van der Waals surface area contributed by atoms with Gasteiger partial charge in [0.15, 0.2) is 0 Å². The largest absolute Gasteiger partial charge is 0.465 e. The van der Waals surface area contributed by atoms with Crippen molar-refractivity contribution in [2.24, 2.45) is 11.8 Å². The number of likely N-dealkylation sites (tertiary alicyclic amines) is 2. The second-order valence-electron chi connectivity index (χ2n) is 15.3. The summed E-state index contributed by atoms with van der Waals surface area (Å²) >= 11 is 0. The first kappa shape index (κ1) is 38.2.